The van der Waals surface area contributed by atoms with Gasteiger partial charge in [-0.3, -0.25) is 14.8 Å². The summed E-state index contributed by atoms with van der Waals surface area (Å²) in [5.74, 6) is 1.41. The van der Waals surface area contributed by atoms with E-state index in [0.717, 1.165) is 28.0 Å². The van der Waals surface area contributed by atoms with Crippen molar-refractivity contribution in [1.82, 2.24) is 24.3 Å². The van der Waals surface area contributed by atoms with Gasteiger partial charge < -0.3 is 29.5 Å². The summed E-state index contributed by atoms with van der Waals surface area (Å²) in [7, 11) is 1.61. The molecule has 0 bridgehead atoms. The van der Waals surface area contributed by atoms with Crippen LogP contribution < -0.4 is 10.1 Å². The fourth-order valence-electron chi connectivity index (χ4n) is 5.37. The van der Waals surface area contributed by atoms with Crippen LogP contribution in [0.1, 0.15) is 58.3 Å². The van der Waals surface area contributed by atoms with E-state index in [1.165, 1.54) is 6.21 Å². The number of anilines is 2. The van der Waals surface area contributed by atoms with Gasteiger partial charge in [0.05, 0.1) is 60.2 Å². The molecule has 0 unspecified atom stereocenters. The molecule has 1 aliphatic rings. The van der Waals surface area contributed by atoms with Crippen molar-refractivity contribution in [1.29, 1.82) is 5.41 Å². The van der Waals surface area contributed by atoms with Crippen molar-refractivity contribution in [2.75, 3.05) is 38.7 Å². The summed E-state index contributed by atoms with van der Waals surface area (Å²) in [6.07, 6.45) is 6.61. The molecule has 1 saturated heterocycles. The molecule has 0 radical (unpaired) electrons. The Morgan fingerprint density at radius 3 is 2.62 bits per heavy atom. The standard InChI is InChI=1S/C30H35N7O3/c1-17(2)28-29-18(3)27(30(38)36-9-11-40-12-10-36)20(5)37(29)16-26(35-28)34-23-13-24(33-19(4)21(23)14-31)22-15-32-8-7-25(22)39-6/h7-8,13-17,31H,9-12H2,1-6H3,(H,33,34). The van der Waals surface area contributed by atoms with Crippen molar-refractivity contribution in [2.24, 2.45) is 0 Å². The highest BCUT2D eigenvalue weighted by Gasteiger charge is 2.27. The predicted octanol–water partition coefficient (Wildman–Crippen LogP) is 5.06. The van der Waals surface area contributed by atoms with Gasteiger partial charge in [-0.2, -0.15) is 0 Å². The van der Waals surface area contributed by atoms with Crippen LogP contribution in [0.15, 0.2) is 30.7 Å². The lowest BCUT2D eigenvalue weighted by atomic mass is 10.0. The second kappa shape index (κ2) is 11.1. The number of fused-ring (bicyclic) bond motifs is 1. The van der Waals surface area contributed by atoms with Gasteiger partial charge in [-0.1, -0.05) is 13.8 Å². The Bertz CT molecular complexity index is 1600. The lowest BCUT2D eigenvalue weighted by Crippen LogP contribution is -2.41. The minimum Gasteiger partial charge on any atom is -0.496 e. The van der Waals surface area contributed by atoms with Gasteiger partial charge >= 0.3 is 0 Å². The van der Waals surface area contributed by atoms with Crippen LogP contribution in [0, 0.1) is 26.2 Å². The summed E-state index contributed by atoms with van der Waals surface area (Å²) in [5.41, 5.74) is 7.83. The maximum atomic E-state index is 13.6. The van der Waals surface area contributed by atoms with Crippen LogP contribution in [0.2, 0.25) is 0 Å². The van der Waals surface area contributed by atoms with E-state index in [-0.39, 0.29) is 11.8 Å². The summed E-state index contributed by atoms with van der Waals surface area (Å²) >= 11 is 0. The fourth-order valence-corrected chi connectivity index (χ4v) is 5.37. The van der Waals surface area contributed by atoms with Gasteiger partial charge in [0.25, 0.3) is 5.91 Å². The molecular weight excluding hydrogens is 506 g/mol. The van der Waals surface area contributed by atoms with Crippen LogP contribution in [0.25, 0.3) is 16.8 Å². The average molecular weight is 542 g/mol. The number of rotatable bonds is 7. The van der Waals surface area contributed by atoms with Crippen LogP contribution in [-0.2, 0) is 4.74 Å². The molecule has 4 aromatic heterocycles. The summed E-state index contributed by atoms with van der Waals surface area (Å²) in [6.45, 7) is 12.3. The van der Waals surface area contributed by atoms with E-state index in [1.54, 1.807) is 25.6 Å². The van der Waals surface area contributed by atoms with Gasteiger partial charge in [0.15, 0.2) is 0 Å². The number of hydrogen-bond donors (Lipinski definition) is 2. The third-order valence-electron chi connectivity index (χ3n) is 7.42. The zero-order valence-electron chi connectivity index (χ0n) is 23.8. The largest absolute Gasteiger partial charge is 0.496 e. The van der Waals surface area contributed by atoms with E-state index in [1.807, 2.05) is 37.9 Å². The quantitative estimate of drug-likeness (QED) is 0.314. The summed E-state index contributed by atoms with van der Waals surface area (Å²) in [5, 5.41) is 11.5. The van der Waals surface area contributed by atoms with Crippen molar-refractivity contribution in [3.8, 4) is 17.0 Å². The number of hydrogen-bond acceptors (Lipinski definition) is 8. The molecule has 1 fully saturated rings. The van der Waals surface area contributed by atoms with Crippen LogP contribution in [0.5, 0.6) is 5.75 Å². The Morgan fingerprint density at radius 1 is 1.20 bits per heavy atom. The molecule has 0 aromatic carbocycles. The molecule has 4 aromatic rings. The second-order valence-corrected chi connectivity index (χ2v) is 10.3. The van der Waals surface area contributed by atoms with Gasteiger partial charge in [-0.05, 0) is 44.4 Å². The summed E-state index contributed by atoms with van der Waals surface area (Å²) in [4.78, 5) is 29.4. The Kier molecular flexibility index (Phi) is 7.53. The lowest BCUT2D eigenvalue weighted by Gasteiger charge is -2.27. The Balaban J connectivity index is 1.63. The maximum Gasteiger partial charge on any atom is 0.256 e. The fraction of sp³-hybridized carbons (Fsp3) is 0.367. The molecule has 0 spiro atoms. The first-order chi connectivity index (χ1) is 19.2. The summed E-state index contributed by atoms with van der Waals surface area (Å²) in [6, 6.07) is 3.68. The van der Waals surface area contributed by atoms with Crippen molar-refractivity contribution in [3.05, 3.63) is 64.5 Å². The van der Waals surface area contributed by atoms with Crippen molar-refractivity contribution < 1.29 is 14.3 Å². The topological polar surface area (TPSA) is 118 Å². The first-order valence-electron chi connectivity index (χ1n) is 13.4. The van der Waals surface area contributed by atoms with Crippen molar-refractivity contribution in [3.63, 3.8) is 0 Å². The van der Waals surface area contributed by atoms with Crippen molar-refractivity contribution >= 4 is 29.1 Å². The number of amides is 1. The number of methoxy groups -OCH3 is 1. The van der Waals surface area contributed by atoms with Gasteiger partial charge in [0.1, 0.15) is 11.6 Å². The van der Waals surface area contributed by atoms with E-state index < -0.39 is 0 Å². The number of aryl methyl sites for hydroxylation is 3. The number of carbonyl (C=O) groups excluding carboxylic acids is 1. The molecule has 1 aliphatic heterocycles. The third kappa shape index (κ3) is 4.79. The molecular formula is C30H35N7O3. The number of pyridine rings is 2. The normalized spacial score (nSPS) is 13.6. The molecule has 40 heavy (non-hydrogen) atoms. The highest BCUT2D eigenvalue weighted by molar-refractivity contribution is 6.00. The summed E-state index contributed by atoms with van der Waals surface area (Å²) < 4.78 is 13.1. The Labute approximate surface area is 233 Å². The van der Waals surface area contributed by atoms with Gasteiger partial charge in [0.2, 0.25) is 0 Å². The minimum absolute atomic E-state index is 0.0251. The van der Waals surface area contributed by atoms with Crippen LogP contribution in [-0.4, -0.2) is 69.8 Å². The van der Waals surface area contributed by atoms with E-state index in [0.29, 0.717) is 66.1 Å². The molecule has 0 saturated carbocycles. The highest BCUT2D eigenvalue weighted by atomic mass is 16.5. The van der Waals surface area contributed by atoms with Gasteiger partial charge in [-0.15, -0.1) is 0 Å². The monoisotopic (exact) mass is 541 g/mol. The van der Waals surface area contributed by atoms with Crippen LogP contribution in [0.3, 0.4) is 0 Å². The first kappa shape index (κ1) is 27.3. The van der Waals surface area contributed by atoms with E-state index in [2.05, 4.69) is 28.5 Å². The van der Waals surface area contributed by atoms with E-state index in [4.69, 9.17) is 24.9 Å². The van der Waals surface area contributed by atoms with E-state index in [9.17, 15) is 4.79 Å². The molecule has 1 amide bonds. The molecule has 10 nitrogen and oxygen atoms in total. The Hall–Kier alpha value is -4.31. The number of morpholine rings is 1. The number of nitrogens with one attached hydrogen (secondary N) is 2. The predicted molar refractivity (Wildman–Crippen MR) is 155 cm³/mol. The van der Waals surface area contributed by atoms with Crippen LogP contribution in [0.4, 0.5) is 11.5 Å². The number of ether oxygens (including phenoxy) is 2. The van der Waals surface area contributed by atoms with Gasteiger partial charge in [0, 0.05) is 48.6 Å². The Morgan fingerprint density at radius 2 is 1.95 bits per heavy atom. The molecule has 208 valence electrons. The molecule has 0 atom stereocenters. The number of aromatic nitrogens is 4. The highest BCUT2D eigenvalue weighted by Crippen LogP contribution is 2.34. The zero-order chi connectivity index (χ0) is 28.6. The average Bonchev–Trinajstić information content (AvgIpc) is 3.21. The lowest BCUT2D eigenvalue weighted by molar-refractivity contribution is 0.0302. The molecule has 5 heterocycles. The van der Waals surface area contributed by atoms with Crippen molar-refractivity contribution in [2.45, 2.75) is 40.5 Å². The second-order valence-electron chi connectivity index (χ2n) is 10.3. The molecule has 2 N–H and O–H groups in total. The number of nitrogens with zero attached hydrogens (tertiary/aromatic N) is 5. The van der Waals surface area contributed by atoms with Gasteiger partial charge in [-0.25, -0.2) is 4.98 Å². The smallest absolute Gasteiger partial charge is 0.256 e. The third-order valence-corrected chi connectivity index (χ3v) is 7.42. The van der Waals surface area contributed by atoms with E-state index >= 15 is 0 Å². The molecule has 10 heteroatoms. The minimum atomic E-state index is 0.0251. The number of carbonyl (C=O) groups is 1. The maximum absolute atomic E-state index is 13.6. The first-order valence-corrected chi connectivity index (χ1v) is 13.4. The SMILES string of the molecule is COc1ccncc1-c1cc(Nc2cn3c(C)c(C(=O)N4CCOCC4)c(C)c3c(C(C)C)n2)c(C=N)c(C)n1. The molecule has 5 rings (SSSR count). The van der Waals surface area contributed by atoms with Crippen LogP contribution >= 0.6 is 0 Å². The molecule has 0 aliphatic carbocycles. The zero-order valence-corrected chi connectivity index (χ0v) is 23.8.